The number of carbonyl (C=O) groups excluding carboxylic acids is 3. The zero-order valence-electron chi connectivity index (χ0n) is 15.9. The van der Waals surface area contributed by atoms with Crippen LogP contribution in [0.4, 0.5) is 5.69 Å². The maximum Gasteiger partial charge on any atom is 0.270 e. The first-order valence-electron chi connectivity index (χ1n) is 8.72. The Labute approximate surface area is 181 Å². The minimum atomic E-state index is -0.924. The number of carbonyl (C=O) groups is 3. The van der Waals surface area contributed by atoms with Crippen LogP contribution in [0.1, 0.15) is 27.1 Å². The van der Waals surface area contributed by atoms with Gasteiger partial charge in [-0.3, -0.25) is 35.3 Å². The van der Waals surface area contributed by atoms with Gasteiger partial charge in [-0.05, 0) is 36.6 Å². The lowest BCUT2D eigenvalue weighted by Crippen LogP contribution is -2.52. The first kappa shape index (κ1) is 23.2. The van der Waals surface area contributed by atoms with Crippen molar-refractivity contribution < 1.29 is 19.3 Å². The Morgan fingerprint density at radius 2 is 1.83 bits per heavy atom. The van der Waals surface area contributed by atoms with Crippen molar-refractivity contribution in [3.8, 4) is 0 Å². The lowest BCUT2D eigenvalue weighted by Gasteiger charge is -2.19. The third kappa shape index (κ3) is 6.46. The average molecular weight is 451 g/mol. The third-order valence-corrected chi connectivity index (χ3v) is 4.94. The van der Waals surface area contributed by atoms with Crippen LogP contribution in [-0.2, 0) is 4.79 Å². The van der Waals surface area contributed by atoms with E-state index in [1.165, 1.54) is 36.0 Å². The highest BCUT2D eigenvalue weighted by molar-refractivity contribution is 7.98. The first-order chi connectivity index (χ1) is 14.3. The summed E-state index contributed by atoms with van der Waals surface area (Å²) in [7, 11) is 0. The van der Waals surface area contributed by atoms with E-state index in [1.807, 2.05) is 6.26 Å². The molecular formula is C19H19ClN4O5S. The van der Waals surface area contributed by atoms with Gasteiger partial charge in [-0.15, -0.1) is 0 Å². The van der Waals surface area contributed by atoms with E-state index in [9.17, 15) is 24.5 Å². The maximum absolute atomic E-state index is 12.5. The van der Waals surface area contributed by atoms with Crippen molar-refractivity contribution in [3.63, 3.8) is 0 Å². The number of nitro groups is 1. The van der Waals surface area contributed by atoms with Crippen molar-refractivity contribution in [2.75, 3.05) is 12.0 Å². The standard InChI is InChI=1S/C19H19ClN4O5S/c1-30-10-9-16(21-18(26)14-7-2-3-8-15(14)20)19(27)23-22-17(25)12-5-4-6-13(11-12)24(28)29/h2-8,11,16H,9-10H2,1H3,(H,21,26)(H,22,25)(H,23,27)/t16-/m1/s1. The Bertz CT molecular complexity index is 956. The molecule has 9 nitrogen and oxygen atoms in total. The summed E-state index contributed by atoms with van der Waals surface area (Å²) in [6.45, 7) is 0. The van der Waals surface area contributed by atoms with E-state index in [1.54, 1.807) is 18.2 Å². The highest BCUT2D eigenvalue weighted by Gasteiger charge is 2.23. The molecule has 11 heteroatoms. The molecule has 0 saturated heterocycles. The Morgan fingerprint density at radius 1 is 1.10 bits per heavy atom. The number of nitro benzene ring substituents is 1. The van der Waals surface area contributed by atoms with Crippen LogP contribution < -0.4 is 16.2 Å². The molecule has 0 radical (unpaired) electrons. The molecule has 0 aliphatic heterocycles. The van der Waals surface area contributed by atoms with Crippen molar-refractivity contribution in [2.45, 2.75) is 12.5 Å². The molecule has 0 saturated carbocycles. The van der Waals surface area contributed by atoms with Crippen molar-refractivity contribution in [2.24, 2.45) is 0 Å². The first-order valence-corrected chi connectivity index (χ1v) is 10.5. The molecule has 0 aliphatic carbocycles. The second-order valence-electron chi connectivity index (χ2n) is 6.04. The van der Waals surface area contributed by atoms with Gasteiger partial charge in [0, 0.05) is 17.7 Å². The van der Waals surface area contributed by atoms with Crippen LogP contribution in [0.15, 0.2) is 48.5 Å². The highest BCUT2D eigenvalue weighted by Crippen LogP contribution is 2.15. The summed E-state index contributed by atoms with van der Waals surface area (Å²) in [5.74, 6) is -1.30. The van der Waals surface area contributed by atoms with Crippen molar-refractivity contribution in [1.29, 1.82) is 0 Å². The molecular weight excluding hydrogens is 432 g/mol. The quantitative estimate of drug-likeness (QED) is 0.418. The number of nitrogens with zero attached hydrogens (tertiary/aromatic N) is 1. The van der Waals surface area contributed by atoms with E-state index < -0.39 is 28.7 Å². The maximum atomic E-state index is 12.5. The number of hydrazine groups is 1. The molecule has 3 amide bonds. The molecule has 30 heavy (non-hydrogen) atoms. The van der Waals surface area contributed by atoms with Crippen LogP contribution in [0.25, 0.3) is 0 Å². The summed E-state index contributed by atoms with van der Waals surface area (Å²) >= 11 is 7.51. The average Bonchev–Trinajstić information content (AvgIpc) is 2.74. The second kappa shape index (κ2) is 11.2. The van der Waals surface area contributed by atoms with Gasteiger partial charge in [-0.25, -0.2) is 0 Å². The van der Waals surface area contributed by atoms with Crippen LogP contribution in [0.2, 0.25) is 5.02 Å². The van der Waals surface area contributed by atoms with Crippen LogP contribution in [0.3, 0.4) is 0 Å². The van der Waals surface area contributed by atoms with Crippen LogP contribution in [0, 0.1) is 10.1 Å². The fourth-order valence-corrected chi connectivity index (χ4v) is 3.12. The molecule has 2 aromatic rings. The van der Waals surface area contributed by atoms with E-state index in [-0.39, 0.29) is 21.8 Å². The van der Waals surface area contributed by atoms with E-state index in [2.05, 4.69) is 16.2 Å². The summed E-state index contributed by atoms with van der Waals surface area (Å²) in [4.78, 5) is 47.4. The number of hydrogen-bond acceptors (Lipinski definition) is 6. The van der Waals surface area contributed by atoms with Crippen molar-refractivity contribution in [3.05, 3.63) is 74.8 Å². The molecule has 0 unspecified atom stereocenters. The fourth-order valence-electron chi connectivity index (χ4n) is 2.42. The summed E-state index contributed by atoms with van der Waals surface area (Å²) in [6, 6.07) is 10.6. The molecule has 0 fully saturated rings. The SMILES string of the molecule is CSCC[C@@H](NC(=O)c1ccccc1Cl)C(=O)NNC(=O)c1cccc([N+](=O)[O-])c1. The van der Waals surface area contributed by atoms with Gasteiger partial charge in [0.05, 0.1) is 15.5 Å². The number of hydrogen-bond donors (Lipinski definition) is 3. The molecule has 3 N–H and O–H groups in total. The number of non-ortho nitro benzene ring substituents is 1. The molecule has 0 aromatic heterocycles. The van der Waals surface area contributed by atoms with Gasteiger partial charge in [-0.1, -0.05) is 29.8 Å². The predicted molar refractivity (Wildman–Crippen MR) is 114 cm³/mol. The Balaban J connectivity index is 2.03. The van der Waals surface area contributed by atoms with Crippen LogP contribution >= 0.6 is 23.4 Å². The summed E-state index contributed by atoms with van der Waals surface area (Å²) in [5.41, 5.74) is 4.42. The van der Waals surface area contributed by atoms with Gasteiger partial charge in [-0.2, -0.15) is 11.8 Å². The third-order valence-electron chi connectivity index (χ3n) is 3.97. The van der Waals surface area contributed by atoms with Gasteiger partial charge < -0.3 is 5.32 Å². The number of halogens is 1. The smallest absolute Gasteiger partial charge is 0.270 e. The molecule has 2 aromatic carbocycles. The predicted octanol–water partition coefficient (Wildman–Crippen LogP) is 2.56. The van der Waals surface area contributed by atoms with Crippen molar-refractivity contribution in [1.82, 2.24) is 16.2 Å². The minimum absolute atomic E-state index is 0.00488. The lowest BCUT2D eigenvalue weighted by atomic mass is 10.1. The molecule has 158 valence electrons. The monoisotopic (exact) mass is 450 g/mol. The fraction of sp³-hybridized carbons (Fsp3) is 0.211. The number of nitrogens with one attached hydrogen (secondary N) is 3. The van der Waals surface area contributed by atoms with Gasteiger partial charge in [0.1, 0.15) is 6.04 Å². The summed E-state index contributed by atoms with van der Waals surface area (Å²) in [6.07, 6.45) is 2.17. The lowest BCUT2D eigenvalue weighted by molar-refractivity contribution is -0.384. The molecule has 1 atom stereocenters. The van der Waals surface area contributed by atoms with E-state index in [4.69, 9.17) is 11.6 Å². The molecule has 0 heterocycles. The van der Waals surface area contributed by atoms with E-state index >= 15 is 0 Å². The van der Waals surface area contributed by atoms with Gasteiger partial charge in [0.25, 0.3) is 23.4 Å². The van der Waals surface area contributed by atoms with Crippen molar-refractivity contribution >= 4 is 46.8 Å². The van der Waals surface area contributed by atoms with E-state index in [0.29, 0.717) is 12.2 Å². The van der Waals surface area contributed by atoms with E-state index in [0.717, 1.165) is 6.07 Å². The second-order valence-corrected chi connectivity index (χ2v) is 7.43. The van der Waals surface area contributed by atoms with Gasteiger partial charge in [0.2, 0.25) is 0 Å². The van der Waals surface area contributed by atoms with Gasteiger partial charge in [0.15, 0.2) is 0 Å². The zero-order valence-corrected chi connectivity index (χ0v) is 17.5. The minimum Gasteiger partial charge on any atom is -0.340 e. The summed E-state index contributed by atoms with van der Waals surface area (Å²) < 4.78 is 0. The molecule has 0 spiro atoms. The van der Waals surface area contributed by atoms with Crippen LogP contribution in [0.5, 0.6) is 0 Å². The Morgan fingerprint density at radius 3 is 2.50 bits per heavy atom. The molecule has 0 aliphatic rings. The number of benzene rings is 2. The topological polar surface area (TPSA) is 130 Å². The molecule has 0 bridgehead atoms. The largest absolute Gasteiger partial charge is 0.340 e. The normalized spacial score (nSPS) is 11.3. The number of rotatable bonds is 8. The highest BCUT2D eigenvalue weighted by atomic mass is 35.5. The van der Waals surface area contributed by atoms with Gasteiger partial charge >= 0.3 is 0 Å². The zero-order chi connectivity index (χ0) is 22.1. The number of thioether (sulfide) groups is 1. The number of amides is 3. The van der Waals surface area contributed by atoms with Crippen LogP contribution in [-0.4, -0.2) is 40.7 Å². The summed E-state index contributed by atoms with van der Waals surface area (Å²) in [5, 5.41) is 13.7. The Kier molecular flexibility index (Phi) is 8.63. The molecule has 2 rings (SSSR count). The Hall–Kier alpha value is -3.11.